The Labute approximate surface area is 154 Å². The average molecular weight is 357 g/mol. The standard InChI is InChI=1S/C19H27N5O2/c1-22-11-18(10-21-22)13-24-7-9-26-19(15-24)14-23(6-8-25-16-19)12-17-2-4-20-5-3-17/h2-5,10-11H,6-9,12-16H2,1H3/t19-/m0/s1. The second-order valence-electron chi connectivity index (χ2n) is 7.38. The summed E-state index contributed by atoms with van der Waals surface area (Å²) in [5.41, 5.74) is 2.26. The third-order valence-electron chi connectivity index (χ3n) is 5.08. The van der Waals surface area contributed by atoms with E-state index in [1.165, 1.54) is 11.1 Å². The zero-order valence-corrected chi connectivity index (χ0v) is 15.4. The molecule has 0 saturated carbocycles. The number of nitrogens with zero attached hydrogens (tertiary/aromatic N) is 5. The topological polar surface area (TPSA) is 55.6 Å². The van der Waals surface area contributed by atoms with Gasteiger partial charge in [-0.15, -0.1) is 0 Å². The molecule has 2 aromatic rings. The normalized spacial score (nSPS) is 25.4. The van der Waals surface area contributed by atoms with Gasteiger partial charge >= 0.3 is 0 Å². The molecule has 0 bridgehead atoms. The van der Waals surface area contributed by atoms with Crippen molar-refractivity contribution < 1.29 is 9.47 Å². The summed E-state index contributed by atoms with van der Waals surface area (Å²) < 4.78 is 14.1. The molecule has 1 spiro atoms. The quantitative estimate of drug-likeness (QED) is 0.811. The average Bonchev–Trinajstić information content (AvgIpc) is 2.94. The highest BCUT2D eigenvalue weighted by atomic mass is 16.5. The zero-order valence-electron chi connectivity index (χ0n) is 15.4. The van der Waals surface area contributed by atoms with Gasteiger partial charge in [-0.1, -0.05) is 0 Å². The van der Waals surface area contributed by atoms with Gasteiger partial charge < -0.3 is 9.47 Å². The summed E-state index contributed by atoms with van der Waals surface area (Å²) >= 11 is 0. The van der Waals surface area contributed by atoms with Crippen molar-refractivity contribution in [1.82, 2.24) is 24.6 Å². The molecule has 4 rings (SSSR count). The molecule has 1 atom stereocenters. The lowest BCUT2D eigenvalue weighted by Crippen LogP contribution is -2.58. The first-order chi connectivity index (χ1) is 12.7. The molecule has 2 aliphatic heterocycles. The molecule has 4 heterocycles. The van der Waals surface area contributed by atoms with E-state index in [0.717, 1.165) is 52.5 Å². The van der Waals surface area contributed by atoms with E-state index in [-0.39, 0.29) is 5.60 Å². The van der Waals surface area contributed by atoms with Crippen LogP contribution < -0.4 is 0 Å². The first-order valence-electron chi connectivity index (χ1n) is 9.24. The fraction of sp³-hybridized carbons (Fsp3) is 0.579. The minimum atomic E-state index is -0.260. The molecule has 0 N–H and O–H groups in total. The number of morpholine rings is 1. The molecule has 2 aromatic heterocycles. The van der Waals surface area contributed by atoms with Crippen molar-refractivity contribution in [2.24, 2.45) is 7.05 Å². The molecule has 140 valence electrons. The van der Waals surface area contributed by atoms with Crippen LogP contribution in [0.2, 0.25) is 0 Å². The Balaban J connectivity index is 1.43. The first-order valence-corrected chi connectivity index (χ1v) is 9.24. The van der Waals surface area contributed by atoms with Gasteiger partial charge in [0.1, 0.15) is 5.60 Å². The van der Waals surface area contributed by atoms with Crippen LogP contribution >= 0.6 is 0 Å². The fourth-order valence-corrected chi connectivity index (χ4v) is 3.92. The van der Waals surface area contributed by atoms with Crippen LogP contribution in [0.15, 0.2) is 36.9 Å². The van der Waals surface area contributed by atoms with Gasteiger partial charge in [0.25, 0.3) is 0 Å². The highest BCUT2D eigenvalue weighted by Gasteiger charge is 2.40. The Hall–Kier alpha value is -1.80. The summed E-state index contributed by atoms with van der Waals surface area (Å²) in [4.78, 5) is 9.01. The predicted octanol–water partition coefficient (Wildman–Crippen LogP) is 0.918. The lowest BCUT2D eigenvalue weighted by Gasteiger charge is -2.43. The largest absolute Gasteiger partial charge is 0.377 e. The third-order valence-corrected chi connectivity index (χ3v) is 5.08. The molecule has 2 aliphatic rings. The van der Waals surface area contributed by atoms with E-state index in [0.29, 0.717) is 6.61 Å². The maximum absolute atomic E-state index is 6.29. The summed E-state index contributed by atoms with van der Waals surface area (Å²) in [6.45, 7) is 7.60. The van der Waals surface area contributed by atoms with Gasteiger partial charge in [0.15, 0.2) is 0 Å². The van der Waals surface area contributed by atoms with Crippen LogP contribution in [0.5, 0.6) is 0 Å². The molecule has 0 radical (unpaired) electrons. The number of hydrogen-bond donors (Lipinski definition) is 0. The molecule has 7 nitrogen and oxygen atoms in total. The van der Waals surface area contributed by atoms with Crippen LogP contribution in [0, 0.1) is 0 Å². The lowest BCUT2D eigenvalue weighted by molar-refractivity contribution is -0.143. The number of ether oxygens (including phenoxy) is 2. The number of hydrogen-bond acceptors (Lipinski definition) is 6. The Kier molecular flexibility index (Phi) is 5.31. The number of rotatable bonds is 4. The maximum Gasteiger partial charge on any atom is 0.117 e. The molecule has 7 heteroatoms. The SMILES string of the molecule is Cn1cc(CN2CCO[C@]3(COCCN(Cc4ccncc4)C3)C2)cn1. The second kappa shape index (κ2) is 7.84. The van der Waals surface area contributed by atoms with Crippen LogP contribution in [0.3, 0.4) is 0 Å². The van der Waals surface area contributed by atoms with Gasteiger partial charge in [-0.2, -0.15) is 5.10 Å². The van der Waals surface area contributed by atoms with Crippen molar-refractivity contribution in [2.45, 2.75) is 18.7 Å². The van der Waals surface area contributed by atoms with Crippen LogP contribution in [0.25, 0.3) is 0 Å². The van der Waals surface area contributed by atoms with E-state index in [9.17, 15) is 0 Å². The van der Waals surface area contributed by atoms with Crippen LogP contribution in [-0.2, 0) is 29.6 Å². The van der Waals surface area contributed by atoms with E-state index < -0.39 is 0 Å². The first kappa shape index (κ1) is 17.6. The van der Waals surface area contributed by atoms with Crippen molar-refractivity contribution in [1.29, 1.82) is 0 Å². The molecular weight excluding hydrogens is 330 g/mol. The minimum Gasteiger partial charge on any atom is -0.377 e. The van der Waals surface area contributed by atoms with Crippen molar-refractivity contribution in [3.63, 3.8) is 0 Å². The van der Waals surface area contributed by atoms with Crippen molar-refractivity contribution in [3.05, 3.63) is 48.0 Å². The van der Waals surface area contributed by atoms with Gasteiger partial charge in [0.2, 0.25) is 0 Å². The van der Waals surface area contributed by atoms with Gasteiger partial charge in [-0.25, -0.2) is 0 Å². The molecular formula is C19H27N5O2. The van der Waals surface area contributed by atoms with E-state index in [4.69, 9.17) is 9.47 Å². The summed E-state index contributed by atoms with van der Waals surface area (Å²) in [6, 6.07) is 4.16. The minimum absolute atomic E-state index is 0.260. The number of pyridine rings is 1. The van der Waals surface area contributed by atoms with E-state index in [2.05, 4.69) is 38.2 Å². The Morgan fingerprint density at radius 3 is 2.50 bits per heavy atom. The van der Waals surface area contributed by atoms with Crippen LogP contribution in [0.4, 0.5) is 0 Å². The predicted molar refractivity (Wildman–Crippen MR) is 97.5 cm³/mol. The Morgan fingerprint density at radius 2 is 1.77 bits per heavy atom. The number of aromatic nitrogens is 3. The Bertz CT molecular complexity index is 707. The van der Waals surface area contributed by atoms with Crippen molar-refractivity contribution >= 4 is 0 Å². The summed E-state index contributed by atoms with van der Waals surface area (Å²) in [7, 11) is 1.96. The summed E-state index contributed by atoms with van der Waals surface area (Å²) in [5, 5.41) is 4.28. The van der Waals surface area contributed by atoms with Gasteiger partial charge in [0.05, 0.1) is 26.0 Å². The van der Waals surface area contributed by atoms with Gasteiger partial charge in [0, 0.05) is 70.5 Å². The fourth-order valence-electron chi connectivity index (χ4n) is 3.92. The highest BCUT2D eigenvalue weighted by molar-refractivity contribution is 5.10. The second-order valence-corrected chi connectivity index (χ2v) is 7.38. The van der Waals surface area contributed by atoms with E-state index >= 15 is 0 Å². The molecule has 0 unspecified atom stereocenters. The van der Waals surface area contributed by atoms with Gasteiger partial charge in [-0.05, 0) is 17.7 Å². The molecule has 0 aliphatic carbocycles. The van der Waals surface area contributed by atoms with Crippen LogP contribution in [0.1, 0.15) is 11.1 Å². The molecule has 2 fully saturated rings. The molecule has 0 aromatic carbocycles. The lowest BCUT2D eigenvalue weighted by atomic mass is 10.0. The van der Waals surface area contributed by atoms with E-state index in [1.807, 2.05) is 30.3 Å². The number of aryl methyl sites for hydroxylation is 1. The maximum atomic E-state index is 6.29. The monoisotopic (exact) mass is 357 g/mol. The molecule has 26 heavy (non-hydrogen) atoms. The zero-order chi connectivity index (χ0) is 17.8. The smallest absolute Gasteiger partial charge is 0.117 e. The Morgan fingerprint density at radius 1 is 1.04 bits per heavy atom. The highest BCUT2D eigenvalue weighted by Crippen LogP contribution is 2.24. The summed E-state index contributed by atoms with van der Waals surface area (Å²) in [5.74, 6) is 0. The summed E-state index contributed by atoms with van der Waals surface area (Å²) in [6.07, 6.45) is 7.74. The van der Waals surface area contributed by atoms with Gasteiger partial charge in [-0.3, -0.25) is 19.5 Å². The van der Waals surface area contributed by atoms with Crippen molar-refractivity contribution in [2.75, 3.05) is 46.0 Å². The van der Waals surface area contributed by atoms with E-state index in [1.54, 1.807) is 0 Å². The van der Waals surface area contributed by atoms with Crippen molar-refractivity contribution in [3.8, 4) is 0 Å². The van der Waals surface area contributed by atoms with Crippen LogP contribution in [-0.4, -0.2) is 76.2 Å². The molecule has 0 amide bonds. The molecule has 2 saturated heterocycles. The third kappa shape index (κ3) is 4.29.